The van der Waals surface area contributed by atoms with Crippen LogP contribution in [-0.2, 0) is 11.3 Å². The number of benzene rings is 2. The Balaban J connectivity index is 1.81. The largest absolute Gasteiger partial charge is 0.508 e. The average Bonchev–Trinajstić information content (AvgIpc) is 2.99. The molecule has 0 atom stereocenters. The minimum Gasteiger partial charge on any atom is -0.508 e. The summed E-state index contributed by atoms with van der Waals surface area (Å²) in [5, 5.41) is 9.69. The maximum Gasteiger partial charge on any atom is 0.256 e. The van der Waals surface area contributed by atoms with Crippen LogP contribution in [0.25, 0.3) is 11.1 Å². The topological polar surface area (TPSA) is 52.9 Å². The highest BCUT2D eigenvalue weighted by molar-refractivity contribution is 6.08. The summed E-state index contributed by atoms with van der Waals surface area (Å²) in [4.78, 5) is 20.0. The SMILES string of the molecule is CCCCC1=NC(CC)(CC)C(=O)N1Cc1ccc(-c2cccc(O)c2)cc1. The van der Waals surface area contributed by atoms with Crippen LogP contribution in [0.3, 0.4) is 0 Å². The lowest BCUT2D eigenvalue weighted by molar-refractivity contribution is -0.131. The molecule has 0 radical (unpaired) electrons. The summed E-state index contributed by atoms with van der Waals surface area (Å²) in [6.45, 7) is 6.82. The summed E-state index contributed by atoms with van der Waals surface area (Å²) >= 11 is 0. The van der Waals surface area contributed by atoms with Gasteiger partial charge in [-0.15, -0.1) is 0 Å². The van der Waals surface area contributed by atoms with Gasteiger partial charge in [-0.2, -0.15) is 0 Å². The van der Waals surface area contributed by atoms with Crippen molar-refractivity contribution < 1.29 is 9.90 Å². The average molecular weight is 379 g/mol. The standard InChI is InChI=1S/C24H30N2O2/c1-4-7-11-22-25-24(5-2,6-3)23(28)26(22)17-18-12-14-19(15-13-18)20-9-8-10-21(27)16-20/h8-10,12-16,27H,4-7,11,17H2,1-3H3. The lowest BCUT2D eigenvalue weighted by Crippen LogP contribution is -2.41. The van der Waals surface area contributed by atoms with E-state index in [1.165, 1.54) is 0 Å². The number of hydrogen-bond donors (Lipinski definition) is 1. The third kappa shape index (κ3) is 3.96. The highest BCUT2D eigenvalue weighted by Crippen LogP contribution is 2.32. The van der Waals surface area contributed by atoms with Crippen molar-refractivity contribution >= 4 is 11.7 Å². The number of aromatic hydroxyl groups is 1. The molecule has 0 unspecified atom stereocenters. The van der Waals surface area contributed by atoms with Gasteiger partial charge in [-0.05, 0) is 48.1 Å². The van der Waals surface area contributed by atoms with Crippen molar-refractivity contribution in [2.24, 2.45) is 4.99 Å². The Morgan fingerprint density at radius 1 is 1.00 bits per heavy atom. The second kappa shape index (κ2) is 8.59. The molecule has 0 saturated carbocycles. The van der Waals surface area contributed by atoms with Crippen LogP contribution in [-0.4, -0.2) is 27.3 Å². The lowest BCUT2D eigenvalue weighted by Gasteiger charge is -2.24. The van der Waals surface area contributed by atoms with Crippen LogP contribution in [0.2, 0.25) is 0 Å². The number of phenolic OH excluding ortho intramolecular Hbond substituents is 1. The molecule has 1 aliphatic rings. The van der Waals surface area contributed by atoms with Gasteiger partial charge in [-0.3, -0.25) is 14.7 Å². The Hall–Kier alpha value is -2.62. The van der Waals surface area contributed by atoms with Gasteiger partial charge >= 0.3 is 0 Å². The van der Waals surface area contributed by atoms with Crippen molar-refractivity contribution in [3.63, 3.8) is 0 Å². The molecule has 2 aromatic carbocycles. The summed E-state index contributed by atoms with van der Waals surface area (Å²) in [5.74, 6) is 1.34. The molecule has 0 spiro atoms. The van der Waals surface area contributed by atoms with Crippen LogP contribution >= 0.6 is 0 Å². The van der Waals surface area contributed by atoms with E-state index in [1.54, 1.807) is 12.1 Å². The van der Waals surface area contributed by atoms with Crippen molar-refractivity contribution in [2.45, 2.75) is 65.0 Å². The van der Waals surface area contributed by atoms with Crippen molar-refractivity contribution in [3.05, 3.63) is 54.1 Å². The van der Waals surface area contributed by atoms with Crippen LogP contribution in [0.15, 0.2) is 53.5 Å². The van der Waals surface area contributed by atoms with E-state index in [1.807, 2.05) is 29.2 Å². The number of hydrogen-bond acceptors (Lipinski definition) is 3. The fourth-order valence-electron chi connectivity index (χ4n) is 3.79. The number of rotatable bonds is 8. The smallest absolute Gasteiger partial charge is 0.256 e. The Bertz CT molecular complexity index is 851. The van der Waals surface area contributed by atoms with Gasteiger partial charge < -0.3 is 5.11 Å². The number of carbonyl (C=O) groups excluding carboxylic acids is 1. The molecule has 0 aliphatic carbocycles. The predicted molar refractivity (Wildman–Crippen MR) is 114 cm³/mol. The molecule has 4 nitrogen and oxygen atoms in total. The van der Waals surface area contributed by atoms with Crippen LogP contribution in [0.4, 0.5) is 0 Å². The lowest BCUT2D eigenvalue weighted by atomic mass is 9.93. The highest BCUT2D eigenvalue weighted by Gasteiger charge is 2.45. The van der Waals surface area contributed by atoms with Gasteiger partial charge in [0.05, 0.1) is 6.54 Å². The number of unbranched alkanes of at least 4 members (excludes halogenated alkanes) is 1. The quantitative estimate of drug-likeness (QED) is 0.655. The Morgan fingerprint density at radius 3 is 2.32 bits per heavy atom. The Kier molecular flexibility index (Phi) is 6.18. The van der Waals surface area contributed by atoms with Crippen molar-refractivity contribution in [3.8, 4) is 16.9 Å². The Morgan fingerprint density at radius 2 is 1.71 bits per heavy atom. The van der Waals surface area contributed by atoms with Crippen LogP contribution in [0, 0.1) is 0 Å². The normalized spacial score (nSPS) is 15.8. The minimum atomic E-state index is -0.579. The number of nitrogens with zero attached hydrogens (tertiary/aromatic N) is 2. The molecular weight excluding hydrogens is 348 g/mol. The molecule has 2 aromatic rings. The molecule has 28 heavy (non-hydrogen) atoms. The molecule has 3 rings (SSSR count). The molecule has 4 heteroatoms. The molecule has 0 fully saturated rings. The number of amidine groups is 1. The summed E-state index contributed by atoms with van der Waals surface area (Å²) in [6, 6.07) is 15.4. The highest BCUT2D eigenvalue weighted by atomic mass is 16.3. The zero-order valence-corrected chi connectivity index (χ0v) is 17.1. The number of carbonyl (C=O) groups is 1. The molecule has 148 valence electrons. The van der Waals surface area contributed by atoms with Crippen molar-refractivity contribution in [1.29, 1.82) is 0 Å². The predicted octanol–water partition coefficient (Wildman–Crippen LogP) is 5.55. The zero-order valence-electron chi connectivity index (χ0n) is 17.1. The summed E-state index contributed by atoms with van der Waals surface area (Å²) in [5.41, 5.74) is 2.53. The van der Waals surface area contributed by atoms with E-state index in [0.717, 1.165) is 54.6 Å². The van der Waals surface area contributed by atoms with E-state index < -0.39 is 5.54 Å². The first-order valence-corrected chi connectivity index (χ1v) is 10.3. The zero-order chi connectivity index (χ0) is 20.1. The third-order valence-electron chi connectivity index (χ3n) is 5.70. The molecule has 1 heterocycles. The van der Waals surface area contributed by atoms with E-state index in [4.69, 9.17) is 4.99 Å². The third-order valence-corrected chi connectivity index (χ3v) is 5.70. The van der Waals surface area contributed by atoms with Gasteiger partial charge in [-0.1, -0.05) is 63.6 Å². The monoisotopic (exact) mass is 378 g/mol. The van der Waals surface area contributed by atoms with Gasteiger partial charge in [0, 0.05) is 6.42 Å². The first-order chi connectivity index (χ1) is 13.5. The molecule has 1 N–H and O–H groups in total. The van der Waals surface area contributed by atoms with E-state index in [-0.39, 0.29) is 11.7 Å². The van der Waals surface area contributed by atoms with E-state index >= 15 is 0 Å². The molecule has 1 aliphatic heterocycles. The minimum absolute atomic E-state index is 0.140. The second-order valence-electron chi connectivity index (χ2n) is 7.51. The first-order valence-electron chi connectivity index (χ1n) is 10.3. The summed E-state index contributed by atoms with van der Waals surface area (Å²) in [6.07, 6.45) is 4.47. The Labute approximate surface area is 167 Å². The molecule has 0 bridgehead atoms. The summed E-state index contributed by atoms with van der Waals surface area (Å²) < 4.78 is 0. The van der Waals surface area contributed by atoms with Gasteiger partial charge in [0.2, 0.25) is 0 Å². The maximum atomic E-state index is 13.2. The van der Waals surface area contributed by atoms with Crippen LogP contribution in [0.5, 0.6) is 5.75 Å². The van der Waals surface area contributed by atoms with E-state index in [0.29, 0.717) is 6.54 Å². The summed E-state index contributed by atoms with van der Waals surface area (Å²) in [7, 11) is 0. The van der Waals surface area contributed by atoms with Gasteiger partial charge in [0.15, 0.2) is 0 Å². The molecule has 0 aromatic heterocycles. The fourth-order valence-corrected chi connectivity index (χ4v) is 3.79. The van der Waals surface area contributed by atoms with Gasteiger partial charge in [0.25, 0.3) is 5.91 Å². The fraction of sp³-hybridized carbons (Fsp3) is 0.417. The van der Waals surface area contributed by atoms with Crippen molar-refractivity contribution in [1.82, 2.24) is 4.90 Å². The van der Waals surface area contributed by atoms with Gasteiger partial charge in [-0.25, -0.2) is 0 Å². The number of amides is 1. The maximum absolute atomic E-state index is 13.2. The molecule has 1 amide bonds. The van der Waals surface area contributed by atoms with Gasteiger partial charge in [0.1, 0.15) is 17.1 Å². The van der Waals surface area contributed by atoms with E-state index in [9.17, 15) is 9.90 Å². The van der Waals surface area contributed by atoms with Crippen LogP contribution < -0.4 is 0 Å². The number of phenols is 1. The van der Waals surface area contributed by atoms with E-state index in [2.05, 4.69) is 32.9 Å². The first kappa shape index (κ1) is 20.1. The molecule has 0 saturated heterocycles. The van der Waals surface area contributed by atoms with Crippen molar-refractivity contribution in [2.75, 3.05) is 0 Å². The second-order valence-corrected chi connectivity index (χ2v) is 7.51. The van der Waals surface area contributed by atoms with Crippen LogP contribution in [0.1, 0.15) is 58.4 Å². The molecular formula is C24H30N2O2. The number of aliphatic imine (C=N–C) groups is 1.